The molecule has 2 aromatic carbocycles. The zero-order chi connectivity index (χ0) is 29.8. The van der Waals surface area contributed by atoms with Crippen LogP contribution in [0.25, 0.3) is 11.0 Å². The first-order chi connectivity index (χ1) is 19.6. The van der Waals surface area contributed by atoms with E-state index in [2.05, 4.69) is 21.2 Å². The molecule has 1 aromatic heterocycles. The molecule has 214 valence electrons. The number of esters is 2. The minimum atomic E-state index is -1.04. The van der Waals surface area contributed by atoms with Crippen LogP contribution in [0.4, 0.5) is 5.69 Å². The second-order valence-corrected chi connectivity index (χ2v) is 9.85. The summed E-state index contributed by atoms with van der Waals surface area (Å²) in [4.78, 5) is 49.7. The molecule has 1 atom stereocenters. The number of nitrogens with zero attached hydrogens (tertiary/aromatic N) is 1. The van der Waals surface area contributed by atoms with Crippen molar-refractivity contribution in [2.45, 2.75) is 33.6 Å². The van der Waals surface area contributed by atoms with Crippen LogP contribution in [0.5, 0.6) is 5.75 Å². The van der Waals surface area contributed by atoms with Crippen molar-refractivity contribution in [1.82, 2.24) is 5.32 Å². The molecule has 1 unspecified atom stereocenters. The van der Waals surface area contributed by atoms with Gasteiger partial charge in [-0.2, -0.15) is 0 Å². The molecule has 12 heteroatoms. The Bertz CT molecular complexity index is 1670. The molecule has 3 aromatic rings. The number of fused-ring (bicyclic) bond motifs is 1. The third kappa shape index (κ3) is 6.02. The number of nitro benzene ring substituents is 1. The highest BCUT2D eigenvalue weighted by Gasteiger charge is 2.39. The van der Waals surface area contributed by atoms with Crippen LogP contribution in [0.1, 0.15) is 37.8 Å². The molecule has 0 radical (unpaired) electrons. The van der Waals surface area contributed by atoms with E-state index in [9.17, 15) is 24.5 Å². The van der Waals surface area contributed by atoms with Gasteiger partial charge in [0.25, 0.3) is 5.69 Å². The van der Waals surface area contributed by atoms with Gasteiger partial charge in [0.2, 0.25) is 0 Å². The summed E-state index contributed by atoms with van der Waals surface area (Å²) in [5.41, 5.74) is 1.48. The lowest BCUT2D eigenvalue weighted by atomic mass is 9.80. The molecule has 0 aliphatic carbocycles. The minimum Gasteiger partial charge on any atom is -0.487 e. The maximum atomic E-state index is 13.4. The van der Waals surface area contributed by atoms with Gasteiger partial charge in [-0.05, 0) is 66.9 Å². The van der Waals surface area contributed by atoms with Gasteiger partial charge in [0.1, 0.15) is 22.4 Å². The Labute approximate surface area is 243 Å². The van der Waals surface area contributed by atoms with E-state index < -0.39 is 28.4 Å². The molecule has 0 saturated carbocycles. The first-order valence-corrected chi connectivity index (χ1v) is 13.5. The summed E-state index contributed by atoms with van der Waals surface area (Å²) in [5.74, 6) is -2.09. The van der Waals surface area contributed by atoms with Crippen molar-refractivity contribution in [3.8, 4) is 5.75 Å². The molecule has 1 aliphatic heterocycles. The first-order valence-electron chi connectivity index (χ1n) is 12.7. The summed E-state index contributed by atoms with van der Waals surface area (Å²) >= 11 is 3.23. The number of halogens is 1. The normalized spacial score (nSPS) is 15.0. The molecule has 0 spiro atoms. The summed E-state index contributed by atoms with van der Waals surface area (Å²) in [6, 6.07) is 10.7. The van der Waals surface area contributed by atoms with Gasteiger partial charge in [0, 0.05) is 29.3 Å². The van der Waals surface area contributed by atoms with Gasteiger partial charge in [0.05, 0.1) is 40.9 Å². The van der Waals surface area contributed by atoms with Gasteiger partial charge in [-0.3, -0.25) is 10.1 Å². The van der Waals surface area contributed by atoms with Crippen LogP contribution in [0.3, 0.4) is 0 Å². The number of aryl methyl sites for hydroxylation is 1. The zero-order valence-electron chi connectivity index (χ0n) is 22.7. The first kappa shape index (κ1) is 29.5. The maximum Gasteiger partial charge on any atom is 0.350 e. The zero-order valence-corrected chi connectivity index (χ0v) is 24.3. The van der Waals surface area contributed by atoms with Crippen LogP contribution in [-0.2, 0) is 19.1 Å². The third-order valence-corrected chi connectivity index (χ3v) is 7.42. The lowest BCUT2D eigenvalue weighted by Gasteiger charge is -2.31. The molecule has 1 N–H and O–H groups in total. The van der Waals surface area contributed by atoms with Crippen LogP contribution in [0.2, 0.25) is 0 Å². The molecule has 4 rings (SSSR count). The van der Waals surface area contributed by atoms with Crippen LogP contribution in [0, 0.1) is 17.0 Å². The SMILES string of the molecule is CCOC(=O)C1=C(C)NC(COc2ccc3c(C)c(Br)c(=O)oc3c2)=C(C(=O)OCC)C1c1cccc([N+](=O)[O-])c1. The number of carbonyl (C=O) groups is 2. The predicted molar refractivity (Wildman–Crippen MR) is 152 cm³/mol. The van der Waals surface area contributed by atoms with E-state index in [1.807, 2.05) is 0 Å². The summed E-state index contributed by atoms with van der Waals surface area (Å²) < 4.78 is 22.4. The van der Waals surface area contributed by atoms with Crippen molar-refractivity contribution in [3.63, 3.8) is 0 Å². The van der Waals surface area contributed by atoms with Crippen LogP contribution >= 0.6 is 15.9 Å². The third-order valence-electron chi connectivity index (χ3n) is 6.50. The number of allylic oxidation sites excluding steroid dienone is 1. The number of rotatable bonds is 9. The molecular weight excluding hydrogens is 600 g/mol. The van der Waals surface area contributed by atoms with E-state index in [4.69, 9.17) is 18.6 Å². The quantitative estimate of drug-likeness (QED) is 0.145. The Morgan fingerprint density at radius 2 is 1.73 bits per heavy atom. The van der Waals surface area contributed by atoms with Crippen LogP contribution in [0.15, 0.2) is 78.7 Å². The number of hydrogen-bond donors (Lipinski definition) is 1. The van der Waals surface area contributed by atoms with Crippen molar-refractivity contribution in [2.24, 2.45) is 0 Å². The largest absolute Gasteiger partial charge is 0.487 e. The van der Waals surface area contributed by atoms with Crippen molar-refractivity contribution >= 4 is 44.5 Å². The van der Waals surface area contributed by atoms with E-state index in [1.54, 1.807) is 52.0 Å². The van der Waals surface area contributed by atoms with Crippen LogP contribution in [-0.4, -0.2) is 36.7 Å². The average Bonchev–Trinajstić information content (AvgIpc) is 2.94. The Balaban J connectivity index is 1.82. The molecule has 0 fully saturated rings. The number of non-ortho nitro benzene ring substituents is 1. The summed E-state index contributed by atoms with van der Waals surface area (Å²) in [7, 11) is 0. The molecule has 0 saturated heterocycles. The van der Waals surface area contributed by atoms with Gasteiger partial charge in [-0.25, -0.2) is 14.4 Å². The molecule has 0 bridgehead atoms. The van der Waals surface area contributed by atoms with Crippen LogP contribution < -0.4 is 15.7 Å². The monoisotopic (exact) mass is 626 g/mol. The summed E-state index contributed by atoms with van der Waals surface area (Å²) in [6.07, 6.45) is 0. The van der Waals surface area contributed by atoms with Gasteiger partial charge in [0.15, 0.2) is 0 Å². The Kier molecular flexibility index (Phi) is 8.92. The van der Waals surface area contributed by atoms with Crippen molar-refractivity contribution in [2.75, 3.05) is 19.8 Å². The Morgan fingerprint density at radius 1 is 1.05 bits per heavy atom. The fourth-order valence-corrected chi connectivity index (χ4v) is 4.94. The van der Waals surface area contributed by atoms with Crippen molar-refractivity contribution < 1.29 is 33.1 Å². The molecule has 0 amide bonds. The molecule has 1 aliphatic rings. The van der Waals surface area contributed by atoms with Gasteiger partial charge >= 0.3 is 17.6 Å². The average molecular weight is 627 g/mol. The maximum absolute atomic E-state index is 13.4. The van der Waals surface area contributed by atoms with Gasteiger partial charge in [-0.1, -0.05) is 12.1 Å². The number of benzene rings is 2. The predicted octanol–water partition coefficient (Wildman–Crippen LogP) is 5.19. The van der Waals surface area contributed by atoms with E-state index in [0.717, 1.165) is 10.9 Å². The van der Waals surface area contributed by atoms with Gasteiger partial charge in [-0.15, -0.1) is 0 Å². The van der Waals surface area contributed by atoms with E-state index in [1.165, 1.54) is 18.2 Å². The highest BCUT2D eigenvalue weighted by atomic mass is 79.9. The molecule has 2 heterocycles. The number of ether oxygens (including phenoxy) is 3. The van der Waals surface area contributed by atoms with Gasteiger partial charge < -0.3 is 23.9 Å². The smallest absolute Gasteiger partial charge is 0.350 e. The number of carbonyl (C=O) groups excluding carboxylic acids is 2. The second kappa shape index (κ2) is 12.4. The number of nitro groups is 1. The standard InChI is InChI=1S/C29H27BrN2O9/c1-5-38-27(33)23-16(4)31-21(14-40-19-10-11-20-15(3)26(30)29(35)41-22(20)13-19)25(28(34)39-6-2)24(23)17-8-7-9-18(12-17)32(36)37/h7-13,24,31H,5-6,14H2,1-4H3. The highest BCUT2D eigenvalue weighted by Crippen LogP contribution is 2.40. The minimum absolute atomic E-state index is 0.0492. The number of dihydropyridines is 1. The summed E-state index contributed by atoms with van der Waals surface area (Å²) in [6.45, 7) is 6.69. The summed E-state index contributed by atoms with van der Waals surface area (Å²) in [5, 5.41) is 15.4. The van der Waals surface area contributed by atoms with Crippen molar-refractivity contribution in [3.05, 3.63) is 101 Å². The van der Waals surface area contributed by atoms with E-state index >= 15 is 0 Å². The molecule has 11 nitrogen and oxygen atoms in total. The van der Waals surface area contributed by atoms with Crippen molar-refractivity contribution in [1.29, 1.82) is 0 Å². The Hall–Kier alpha value is -4.45. The fraction of sp³-hybridized carbons (Fsp3) is 0.276. The second-order valence-electron chi connectivity index (χ2n) is 9.06. The number of hydrogen-bond acceptors (Lipinski definition) is 10. The molecule has 41 heavy (non-hydrogen) atoms. The molecular formula is C29H27BrN2O9. The lowest BCUT2D eigenvalue weighted by molar-refractivity contribution is -0.384. The number of nitrogens with one attached hydrogen (secondary N) is 1. The fourth-order valence-electron chi connectivity index (χ4n) is 4.65. The highest BCUT2D eigenvalue weighted by molar-refractivity contribution is 9.10. The topological polar surface area (TPSA) is 147 Å². The van der Waals surface area contributed by atoms with E-state index in [0.29, 0.717) is 32.8 Å². The Morgan fingerprint density at radius 3 is 2.39 bits per heavy atom. The lowest BCUT2D eigenvalue weighted by Crippen LogP contribution is -2.35. The van der Waals surface area contributed by atoms with E-state index in [-0.39, 0.29) is 36.7 Å².